The molecule has 1 N–H and O–H groups in total. The lowest BCUT2D eigenvalue weighted by molar-refractivity contribution is -0.386. The average molecular weight is 241 g/mol. The maximum atomic E-state index is 11.1. The summed E-state index contributed by atoms with van der Waals surface area (Å²) in [4.78, 5) is 10.7. The predicted octanol–water partition coefficient (Wildman–Crippen LogP) is 1.77. The molecule has 17 heavy (non-hydrogen) atoms. The van der Waals surface area contributed by atoms with Crippen molar-refractivity contribution in [3.05, 3.63) is 21.5 Å². The largest absolute Gasteiger partial charge is 0.393 e. The second kappa shape index (κ2) is 5.27. The number of aryl methyl sites for hydroxylation is 2. The summed E-state index contributed by atoms with van der Waals surface area (Å²) in [7, 11) is 1.69. The van der Waals surface area contributed by atoms with Crippen LogP contribution in [0, 0.1) is 10.1 Å². The minimum Gasteiger partial charge on any atom is -0.393 e. The van der Waals surface area contributed by atoms with Gasteiger partial charge in [-0.05, 0) is 19.8 Å². The lowest BCUT2D eigenvalue weighted by Gasteiger charge is -2.17. The van der Waals surface area contributed by atoms with E-state index in [0.717, 1.165) is 0 Å². The number of hydrogen-bond donors (Lipinski definition) is 1. The number of hydrogen-bond acceptors (Lipinski definition) is 4. The highest BCUT2D eigenvalue weighted by atomic mass is 16.6. The Morgan fingerprint density at radius 3 is 2.47 bits per heavy atom. The van der Waals surface area contributed by atoms with Gasteiger partial charge >= 0.3 is 5.69 Å². The minimum atomic E-state index is -0.626. The third kappa shape index (κ3) is 2.46. The quantitative estimate of drug-likeness (QED) is 0.629. The van der Waals surface area contributed by atoms with Crippen molar-refractivity contribution in [2.75, 3.05) is 0 Å². The van der Waals surface area contributed by atoms with Gasteiger partial charge < -0.3 is 5.11 Å². The Hall–Kier alpha value is -1.43. The van der Waals surface area contributed by atoms with Crippen LogP contribution in [0.15, 0.2) is 0 Å². The van der Waals surface area contributed by atoms with E-state index < -0.39 is 11.0 Å². The molecule has 0 aliphatic rings. The number of aliphatic hydroxyl groups is 1. The molecule has 2 unspecified atom stereocenters. The topological polar surface area (TPSA) is 81.2 Å². The molecule has 0 spiro atoms. The Bertz CT molecular complexity index is 412. The van der Waals surface area contributed by atoms with Crippen LogP contribution in [0.2, 0.25) is 0 Å². The molecule has 0 aliphatic heterocycles. The number of nitro groups is 1. The van der Waals surface area contributed by atoms with Crippen LogP contribution < -0.4 is 0 Å². The first-order valence-corrected chi connectivity index (χ1v) is 5.82. The highest BCUT2D eigenvalue weighted by Gasteiger charge is 2.32. The molecule has 6 heteroatoms. The Kier molecular flexibility index (Phi) is 4.22. The molecule has 96 valence electrons. The van der Waals surface area contributed by atoms with Crippen LogP contribution in [0.1, 0.15) is 44.5 Å². The first kappa shape index (κ1) is 13.6. The fraction of sp³-hybridized carbons (Fsp3) is 0.727. The van der Waals surface area contributed by atoms with E-state index in [4.69, 9.17) is 0 Å². The summed E-state index contributed by atoms with van der Waals surface area (Å²) in [5, 5.41) is 25.0. The molecule has 1 heterocycles. The number of aromatic nitrogens is 2. The summed E-state index contributed by atoms with van der Waals surface area (Å²) in [5.74, 6) is -0.256. The van der Waals surface area contributed by atoms with Crippen molar-refractivity contribution in [1.82, 2.24) is 9.78 Å². The van der Waals surface area contributed by atoms with Crippen LogP contribution in [-0.4, -0.2) is 25.9 Å². The van der Waals surface area contributed by atoms with Crippen LogP contribution in [0.25, 0.3) is 0 Å². The first-order chi connectivity index (χ1) is 7.93. The average Bonchev–Trinajstić information content (AvgIpc) is 2.57. The van der Waals surface area contributed by atoms with Gasteiger partial charge in [-0.2, -0.15) is 5.10 Å². The van der Waals surface area contributed by atoms with Crippen molar-refractivity contribution < 1.29 is 10.0 Å². The Labute approximate surface area is 100 Å². The Balaban J connectivity index is 3.39. The van der Waals surface area contributed by atoms with Crippen LogP contribution in [-0.2, 0) is 13.5 Å². The fourth-order valence-electron chi connectivity index (χ4n) is 2.20. The van der Waals surface area contributed by atoms with Crippen molar-refractivity contribution in [3.63, 3.8) is 0 Å². The number of aliphatic hydroxyl groups excluding tert-OH is 1. The number of nitrogens with zero attached hydrogens (tertiary/aromatic N) is 3. The second-order valence-corrected chi connectivity index (χ2v) is 4.17. The molecule has 0 saturated carbocycles. The van der Waals surface area contributed by atoms with E-state index in [1.807, 2.05) is 13.8 Å². The summed E-state index contributed by atoms with van der Waals surface area (Å²) >= 11 is 0. The third-order valence-electron chi connectivity index (χ3n) is 3.03. The van der Waals surface area contributed by atoms with Crippen LogP contribution >= 0.6 is 0 Å². The second-order valence-electron chi connectivity index (χ2n) is 4.17. The molecule has 0 aliphatic carbocycles. The molecule has 6 nitrogen and oxygen atoms in total. The monoisotopic (exact) mass is 241 g/mol. The molecule has 0 fully saturated rings. The van der Waals surface area contributed by atoms with Crippen molar-refractivity contribution >= 4 is 5.69 Å². The Morgan fingerprint density at radius 1 is 1.53 bits per heavy atom. The normalized spacial score (nSPS) is 14.6. The van der Waals surface area contributed by atoms with Gasteiger partial charge in [0.15, 0.2) is 0 Å². The van der Waals surface area contributed by atoms with Crippen molar-refractivity contribution in [2.45, 2.75) is 45.6 Å². The van der Waals surface area contributed by atoms with Crippen molar-refractivity contribution in [1.29, 1.82) is 0 Å². The summed E-state index contributed by atoms with van der Waals surface area (Å²) in [6.07, 6.45) is 0.528. The summed E-state index contributed by atoms with van der Waals surface area (Å²) in [5.41, 5.74) is 1.05. The third-order valence-corrected chi connectivity index (χ3v) is 3.03. The molecule has 0 bridgehead atoms. The zero-order valence-corrected chi connectivity index (χ0v) is 10.7. The van der Waals surface area contributed by atoms with Gasteiger partial charge in [-0.1, -0.05) is 13.8 Å². The van der Waals surface area contributed by atoms with Crippen LogP contribution in [0.4, 0.5) is 5.69 Å². The van der Waals surface area contributed by atoms with Gasteiger partial charge in [0, 0.05) is 13.0 Å². The van der Waals surface area contributed by atoms with Gasteiger partial charge in [-0.3, -0.25) is 14.8 Å². The smallest absolute Gasteiger partial charge is 0.313 e. The number of rotatable bonds is 5. The maximum absolute atomic E-state index is 11.1. The first-order valence-electron chi connectivity index (χ1n) is 5.82. The molecule has 1 rings (SSSR count). The van der Waals surface area contributed by atoms with E-state index in [1.165, 1.54) is 4.68 Å². The van der Waals surface area contributed by atoms with Gasteiger partial charge in [0.25, 0.3) is 0 Å². The van der Waals surface area contributed by atoms with E-state index in [-0.39, 0.29) is 11.6 Å². The fourth-order valence-corrected chi connectivity index (χ4v) is 2.20. The molecule has 0 aromatic carbocycles. The van der Waals surface area contributed by atoms with Crippen LogP contribution in [0.3, 0.4) is 0 Å². The summed E-state index contributed by atoms with van der Waals surface area (Å²) < 4.78 is 1.53. The Morgan fingerprint density at radius 2 is 2.12 bits per heavy atom. The van der Waals surface area contributed by atoms with E-state index in [0.29, 0.717) is 24.2 Å². The van der Waals surface area contributed by atoms with E-state index in [1.54, 1.807) is 14.0 Å². The molecular formula is C11H19N3O3. The van der Waals surface area contributed by atoms with E-state index in [9.17, 15) is 15.2 Å². The van der Waals surface area contributed by atoms with E-state index in [2.05, 4.69) is 5.10 Å². The van der Waals surface area contributed by atoms with Gasteiger partial charge in [0.2, 0.25) is 0 Å². The highest BCUT2D eigenvalue weighted by Crippen LogP contribution is 2.33. The molecule has 0 saturated heterocycles. The summed E-state index contributed by atoms with van der Waals surface area (Å²) in [6, 6.07) is 0. The van der Waals surface area contributed by atoms with Crippen molar-refractivity contribution in [2.24, 2.45) is 7.05 Å². The molecule has 0 radical (unpaired) electrons. The SMILES string of the molecule is CCc1nn(C)c(C(CC)C(C)O)c1[N+](=O)[O-]. The van der Waals surface area contributed by atoms with Gasteiger partial charge in [-0.25, -0.2) is 0 Å². The molecule has 0 amide bonds. The zero-order valence-electron chi connectivity index (χ0n) is 10.7. The lowest BCUT2D eigenvalue weighted by Crippen LogP contribution is -2.18. The highest BCUT2D eigenvalue weighted by molar-refractivity contribution is 5.43. The lowest BCUT2D eigenvalue weighted by atomic mass is 9.95. The van der Waals surface area contributed by atoms with Gasteiger partial charge in [0.05, 0.1) is 11.0 Å². The van der Waals surface area contributed by atoms with Crippen molar-refractivity contribution in [3.8, 4) is 0 Å². The summed E-state index contributed by atoms with van der Waals surface area (Å²) in [6.45, 7) is 5.39. The standard InChI is InChI=1S/C11H19N3O3/c1-5-8(7(3)15)10-11(14(16)17)9(6-2)12-13(10)4/h7-8,15H,5-6H2,1-4H3. The zero-order chi connectivity index (χ0) is 13.2. The molecule has 1 aromatic rings. The van der Waals surface area contributed by atoms with Crippen LogP contribution in [0.5, 0.6) is 0 Å². The van der Waals surface area contributed by atoms with Gasteiger partial charge in [0.1, 0.15) is 11.4 Å². The molecular weight excluding hydrogens is 222 g/mol. The maximum Gasteiger partial charge on any atom is 0.313 e. The van der Waals surface area contributed by atoms with Gasteiger partial charge in [-0.15, -0.1) is 0 Å². The predicted molar refractivity (Wildman–Crippen MR) is 64.0 cm³/mol. The van der Waals surface area contributed by atoms with E-state index >= 15 is 0 Å². The molecule has 1 aromatic heterocycles. The minimum absolute atomic E-state index is 0.0581. The molecule has 2 atom stereocenters.